The van der Waals surface area contributed by atoms with Gasteiger partial charge in [-0.2, -0.15) is 0 Å². The van der Waals surface area contributed by atoms with E-state index in [4.69, 9.17) is 17.3 Å². The van der Waals surface area contributed by atoms with Crippen molar-refractivity contribution in [3.8, 4) is 11.3 Å². The molecule has 0 aliphatic carbocycles. The molecule has 2 aromatic heterocycles. The lowest BCUT2D eigenvalue weighted by Gasteiger charge is -2.01. The maximum atomic E-state index is 5.87. The summed E-state index contributed by atoms with van der Waals surface area (Å²) in [4.78, 5) is 5.12. The van der Waals surface area contributed by atoms with Gasteiger partial charge in [0, 0.05) is 10.4 Å². The normalized spacial score (nSPS) is 11.1. The fourth-order valence-corrected chi connectivity index (χ4v) is 2.66. The van der Waals surface area contributed by atoms with Gasteiger partial charge in [0.25, 0.3) is 0 Å². The zero-order valence-corrected chi connectivity index (χ0v) is 9.79. The van der Waals surface area contributed by atoms with Crippen LogP contribution in [0.15, 0.2) is 35.8 Å². The average Bonchev–Trinajstić information content (AvgIpc) is 2.84. The average molecular weight is 250 g/mol. The van der Waals surface area contributed by atoms with Crippen molar-refractivity contribution in [1.29, 1.82) is 0 Å². The van der Waals surface area contributed by atoms with Gasteiger partial charge in [-0.15, -0.1) is 11.3 Å². The van der Waals surface area contributed by atoms with Crippen molar-refractivity contribution in [2.24, 2.45) is 0 Å². The fourth-order valence-electron chi connectivity index (χ4n) is 1.65. The molecule has 0 atom stereocenters. The summed E-state index contributed by atoms with van der Waals surface area (Å²) in [7, 11) is 0. The van der Waals surface area contributed by atoms with Gasteiger partial charge in [0.15, 0.2) is 4.96 Å². The van der Waals surface area contributed by atoms with Crippen LogP contribution in [0.1, 0.15) is 0 Å². The molecule has 2 N–H and O–H groups in total. The third-order valence-electron chi connectivity index (χ3n) is 2.41. The highest BCUT2D eigenvalue weighted by molar-refractivity contribution is 7.15. The summed E-state index contributed by atoms with van der Waals surface area (Å²) in [6.07, 6.45) is 1.67. The van der Waals surface area contributed by atoms with Crippen LogP contribution in [-0.4, -0.2) is 9.38 Å². The molecular formula is C11H8ClN3S. The number of imidazole rings is 1. The van der Waals surface area contributed by atoms with Crippen LogP contribution in [0.3, 0.4) is 0 Å². The van der Waals surface area contributed by atoms with Crippen LogP contribution in [0.5, 0.6) is 0 Å². The molecule has 0 spiro atoms. The second kappa shape index (κ2) is 3.50. The van der Waals surface area contributed by atoms with E-state index in [-0.39, 0.29) is 0 Å². The van der Waals surface area contributed by atoms with E-state index in [9.17, 15) is 0 Å². The summed E-state index contributed by atoms with van der Waals surface area (Å²) < 4.78 is 1.94. The van der Waals surface area contributed by atoms with Crippen LogP contribution in [0.4, 0.5) is 5.82 Å². The van der Waals surface area contributed by atoms with Crippen LogP contribution in [0, 0.1) is 0 Å². The van der Waals surface area contributed by atoms with Crippen molar-refractivity contribution < 1.29 is 0 Å². The van der Waals surface area contributed by atoms with Crippen LogP contribution in [0.25, 0.3) is 16.2 Å². The molecule has 0 aliphatic rings. The SMILES string of the molecule is Nc1cnc2scc(-c3ccc(Cl)cc3)n12. The largest absolute Gasteiger partial charge is 0.383 e. The van der Waals surface area contributed by atoms with Crippen molar-refractivity contribution in [2.75, 3.05) is 5.73 Å². The number of fused-ring (bicyclic) bond motifs is 1. The molecule has 5 heteroatoms. The first-order chi connectivity index (χ1) is 7.75. The topological polar surface area (TPSA) is 43.3 Å². The van der Waals surface area contributed by atoms with E-state index in [1.807, 2.05) is 34.0 Å². The third kappa shape index (κ3) is 1.38. The second-order valence-corrected chi connectivity index (χ2v) is 4.70. The van der Waals surface area contributed by atoms with E-state index in [2.05, 4.69) is 4.98 Å². The van der Waals surface area contributed by atoms with E-state index in [0.29, 0.717) is 5.82 Å². The number of hydrogen-bond acceptors (Lipinski definition) is 3. The van der Waals surface area contributed by atoms with Crippen LogP contribution in [0.2, 0.25) is 5.02 Å². The van der Waals surface area contributed by atoms with E-state index < -0.39 is 0 Å². The minimum absolute atomic E-state index is 0.654. The number of halogens is 1. The van der Waals surface area contributed by atoms with Gasteiger partial charge in [-0.25, -0.2) is 4.98 Å². The predicted molar refractivity (Wildman–Crippen MR) is 67.9 cm³/mol. The Morgan fingerprint density at radius 3 is 2.75 bits per heavy atom. The molecule has 0 unspecified atom stereocenters. The Kier molecular flexibility index (Phi) is 2.12. The van der Waals surface area contributed by atoms with Crippen molar-refractivity contribution in [1.82, 2.24) is 9.38 Å². The molecule has 0 saturated heterocycles. The van der Waals surface area contributed by atoms with Crippen LogP contribution >= 0.6 is 22.9 Å². The Hall–Kier alpha value is -1.52. The highest BCUT2D eigenvalue weighted by Crippen LogP contribution is 2.28. The minimum Gasteiger partial charge on any atom is -0.383 e. The molecule has 0 amide bonds. The number of rotatable bonds is 1. The number of benzene rings is 1. The molecule has 0 radical (unpaired) electrons. The molecule has 0 aliphatic heterocycles. The highest BCUT2D eigenvalue weighted by Gasteiger charge is 2.09. The van der Waals surface area contributed by atoms with E-state index >= 15 is 0 Å². The molecule has 2 heterocycles. The molecule has 3 rings (SSSR count). The van der Waals surface area contributed by atoms with Gasteiger partial charge in [-0.3, -0.25) is 4.40 Å². The van der Waals surface area contributed by atoms with Crippen LogP contribution < -0.4 is 5.73 Å². The maximum absolute atomic E-state index is 5.87. The molecule has 0 saturated carbocycles. The van der Waals surface area contributed by atoms with Crippen LogP contribution in [-0.2, 0) is 0 Å². The molecule has 3 aromatic rings. The maximum Gasteiger partial charge on any atom is 0.195 e. The van der Waals surface area contributed by atoms with Gasteiger partial charge in [-0.05, 0) is 17.7 Å². The molecule has 0 bridgehead atoms. The van der Waals surface area contributed by atoms with Gasteiger partial charge in [0.2, 0.25) is 0 Å². The number of aromatic nitrogens is 2. The van der Waals surface area contributed by atoms with Crippen molar-refractivity contribution in [3.05, 3.63) is 40.9 Å². The summed E-state index contributed by atoms with van der Waals surface area (Å²) >= 11 is 7.43. The summed E-state index contributed by atoms with van der Waals surface area (Å²) in [5, 5.41) is 2.77. The second-order valence-electron chi connectivity index (χ2n) is 3.43. The van der Waals surface area contributed by atoms with Crippen molar-refractivity contribution in [3.63, 3.8) is 0 Å². The number of hydrogen-bond donors (Lipinski definition) is 1. The zero-order chi connectivity index (χ0) is 11.1. The van der Waals surface area contributed by atoms with Gasteiger partial charge in [0.1, 0.15) is 5.82 Å². The smallest absolute Gasteiger partial charge is 0.195 e. The predicted octanol–water partition coefficient (Wildman–Crippen LogP) is 3.30. The Labute approximate surface area is 101 Å². The summed E-state index contributed by atoms with van der Waals surface area (Å²) in [6, 6.07) is 7.69. The number of nitrogen functional groups attached to an aromatic ring is 1. The number of nitrogens with two attached hydrogens (primary N) is 1. The van der Waals surface area contributed by atoms with Gasteiger partial charge >= 0.3 is 0 Å². The number of anilines is 1. The summed E-state index contributed by atoms with van der Waals surface area (Å²) in [5.74, 6) is 0.654. The molecule has 3 nitrogen and oxygen atoms in total. The minimum atomic E-state index is 0.654. The standard InChI is InChI=1S/C11H8ClN3S/c12-8-3-1-7(2-4-8)9-6-16-11-14-5-10(13)15(9)11/h1-6H,13H2. The molecule has 80 valence electrons. The highest BCUT2D eigenvalue weighted by atomic mass is 35.5. The van der Waals surface area contributed by atoms with Crippen molar-refractivity contribution >= 4 is 33.7 Å². The fraction of sp³-hybridized carbons (Fsp3) is 0. The number of thiazole rings is 1. The lowest BCUT2D eigenvalue weighted by molar-refractivity contribution is 1.24. The van der Waals surface area contributed by atoms with Gasteiger partial charge in [0.05, 0.1) is 11.9 Å². The van der Waals surface area contributed by atoms with Crippen molar-refractivity contribution in [2.45, 2.75) is 0 Å². The van der Waals surface area contributed by atoms with E-state index in [0.717, 1.165) is 21.2 Å². The lowest BCUT2D eigenvalue weighted by Crippen LogP contribution is -1.92. The molecule has 0 fully saturated rings. The Bertz CT molecular complexity index is 639. The quantitative estimate of drug-likeness (QED) is 0.719. The summed E-state index contributed by atoms with van der Waals surface area (Å²) in [6.45, 7) is 0. The summed E-state index contributed by atoms with van der Waals surface area (Å²) in [5.41, 5.74) is 8.00. The first-order valence-corrected chi connectivity index (χ1v) is 5.98. The third-order valence-corrected chi connectivity index (χ3v) is 3.51. The Balaban J connectivity index is 2.25. The molecule has 1 aromatic carbocycles. The van der Waals surface area contributed by atoms with E-state index in [1.54, 1.807) is 17.5 Å². The first-order valence-electron chi connectivity index (χ1n) is 4.72. The lowest BCUT2D eigenvalue weighted by atomic mass is 10.2. The molecule has 16 heavy (non-hydrogen) atoms. The van der Waals surface area contributed by atoms with E-state index in [1.165, 1.54) is 0 Å². The number of nitrogens with zero attached hydrogens (tertiary/aromatic N) is 2. The first kappa shape index (κ1) is 9.69. The zero-order valence-electron chi connectivity index (χ0n) is 8.22. The van der Waals surface area contributed by atoms with Gasteiger partial charge in [-0.1, -0.05) is 23.7 Å². The Morgan fingerprint density at radius 1 is 1.25 bits per heavy atom. The Morgan fingerprint density at radius 2 is 2.00 bits per heavy atom. The molecular weight excluding hydrogens is 242 g/mol. The monoisotopic (exact) mass is 249 g/mol. The van der Waals surface area contributed by atoms with Gasteiger partial charge < -0.3 is 5.73 Å².